The highest BCUT2D eigenvalue weighted by atomic mass is 32.2. The number of sulfonamides is 1. The highest BCUT2D eigenvalue weighted by Gasteiger charge is 2.50. The third-order valence-corrected chi connectivity index (χ3v) is 8.61. The van der Waals surface area contributed by atoms with E-state index in [0.29, 0.717) is 36.8 Å². The molecule has 1 spiro atoms. The molecule has 0 bridgehead atoms. The molecule has 26 heavy (non-hydrogen) atoms. The molecule has 2 fully saturated rings. The first kappa shape index (κ1) is 17.7. The number of carbonyl (C=O) groups excluding carboxylic acids is 1. The number of thiophene rings is 1. The first-order chi connectivity index (χ1) is 12.4. The number of likely N-dealkylation sites (N-methyl/N-ethyl adjacent to an activating group) is 1. The largest absolute Gasteiger partial charge is 0.309 e. The fourth-order valence-electron chi connectivity index (χ4n) is 3.80. The lowest BCUT2D eigenvalue weighted by Gasteiger charge is -2.46. The van der Waals surface area contributed by atoms with Gasteiger partial charge in [0.1, 0.15) is 4.21 Å². The van der Waals surface area contributed by atoms with Crippen LogP contribution in [0, 0.1) is 0 Å². The Bertz CT molecular complexity index is 899. The molecule has 1 amide bonds. The van der Waals surface area contributed by atoms with Gasteiger partial charge in [0.15, 0.2) is 0 Å². The molecule has 0 N–H and O–H groups in total. The maximum absolute atomic E-state index is 12.9. The van der Waals surface area contributed by atoms with Crippen LogP contribution in [0.4, 0.5) is 5.69 Å². The van der Waals surface area contributed by atoms with Gasteiger partial charge >= 0.3 is 0 Å². The number of nitrogens with zero attached hydrogens (tertiary/aromatic N) is 3. The van der Waals surface area contributed by atoms with Gasteiger partial charge in [-0.2, -0.15) is 4.31 Å². The zero-order chi connectivity index (χ0) is 18.4. The number of rotatable bonds is 3. The molecule has 8 heteroatoms. The van der Waals surface area contributed by atoms with E-state index in [4.69, 9.17) is 0 Å². The molecule has 138 valence electrons. The summed E-state index contributed by atoms with van der Waals surface area (Å²) in [6.07, 6.45) is 0.713. The van der Waals surface area contributed by atoms with Crippen molar-refractivity contribution in [1.82, 2.24) is 9.21 Å². The second kappa shape index (κ2) is 6.45. The van der Waals surface area contributed by atoms with Crippen molar-refractivity contribution in [3.63, 3.8) is 0 Å². The molecule has 1 aromatic carbocycles. The summed E-state index contributed by atoms with van der Waals surface area (Å²) in [6, 6.07) is 13.0. The van der Waals surface area contributed by atoms with Crippen LogP contribution in [0.5, 0.6) is 0 Å². The number of para-hydroxylation sites is 1. The van der Waals surface area contributed by atoms with Crippen LogP contribution in [0.2, 0.25) is 0 Å². The minimum Gasteiger partial charge on any atom is -0.309 e. The lowest BCUT2D eigenvalue weighted by atomic mass is 9.92. The Balaban J connectivity index is 1.61. The molecule has 0 saturated carbocycles. The van der Waals surface area contributed by atoms with Gasteiger partial charge in [-0.1, -0.05) is 24.3 Å². The van der Waals surface area contributed by atoms with E-state index in [0.717, 1.165) is 5.69 Å². The zero-order valence-corrected chi connectivity index (χ0v) is 16.2. The smallest absolute Gasteiger partial charge is 0.252 e. The molecule has 2 saturated heterocycles. The van der Waals surface area contributed by atoms with E-state index in [1.165, 1.54) is 11.3 Å². The van der Waals surface area contributed by atoms with Crippen molar-refractivity contribution in [3.8, 4) is 0 Å². The van der Waals surface area contributed by atoms with Gasteiger partial charge in [0, 0.05) is 25.3 Å². The van der Waals surface area contributed by atoms with Gasteiger partial charge in [0.25, 0.3) is 10.0 Å². The van der Waals surface area contributed by atoms with E-state index >= 15 is 0 Å². The predicted molar refractivity (Wildman–Crippen MR) is 102 cm³/mol. The zero-order valence-electron chi connectivity index (χ0n) is 14.5. The van der Waals surface area contributed by atoms with Crippen molar-refractivity contribution in [2.45, 2.75) is 16.2 Å². The van der Waals surface area contributed by atoms with Crippen LogP contribution in [0.3, 0.4) is 0 Å². The topological polar surface area (TPSA) is 60.9 Å². The Morgan fingerprint density at radius 1 is 1.08 bits per heavy atom. The molecule has 2 aromatic rings. The summed E-state index contributed by atoms with van der Waals surface area (Å²) in [7, 11) is -1.55. The van der Waals surface area contributed by atoms with Crippen LogP contribution in [0.15, 0.2) is 52.1 Å². The molecular formula is C18H21N3O3S2. The van der Waals surface area contributed by atoms with Crippen molar-refractivity contribution in [2.75, 3.05) is 38.1 Å². The third kappa shape index (κ3) is 2.87. The van der Waals surface area contributed by atoms with Crippen LogP contribution in [0.1, 0.15) is 6.42 Å². The second-order valence-electron chi connectivity index (χ2n) is 6.92. The standard InChI is InChI=1S/C18H21N3O3S2/c1-19-12-16(22)21(15-6-3-2-4-7-15)14-18(19)9-10-20(13-18)26(23,24)17-8-5-11-25-17/h2-8,11H,9-10,12-14H2,1H3/t18-/m0/s1. The maximum Gasteiger partial charge on any atom is 0.252 e. The number of amides is 1. The number of hydrogen-bond acceptors (Lipinski definition) is 5. The molecule has 3 heterocycles. The Labute approximate surface area is 157 Å². The number of benzene rings is 1. The van der Waals surface area contributed by atoms with Crippen LogP contribution in [0.25, 0.3) is 0 Å². The summed E-state index contributed by atoms with van der Waals surface area (Å²) in [5.74, 6) is 0.0453. The molecule has 0 unspecified atom stereocenters. The third-order valence-electron chi connectivity index (χ3n) is 5.39. The lowest BCUT2D eigenvalue weighted by molar-refractivity contribution is -0.123. The number of hydrogen-bond donors (Lipinski definition) is 0. The molecule has 4 rings (SSSR count). The first-order valence-corrected chi connectivity index (χ1v) is 10.8. The Morgan fingerprint density at radius 2 is 1.85 bits per heavy atom. The Kier molecular flexibility index (Phi) is 4.38. The summed E-state index contributed by atoms with van der Waals surface area (Å²) in [4.78, 5) is 16.4. The van der Waals surface area contributed by atoms with Crippen LogP contribution in [-0.4, -0.2) is 62.3 Å². The minimum atomic E-state index is -3.47. The molecule has 2 aliphatic rings. The van der Waals surface area contributed by atoms with E-state index in [-0.39, 0.29) is 11.4 Å². The van der Waals surface area contributed by atoms with Gasteiger partial charge in [0.05, 0.1) is 12.1 Å². The first-order valence-electron chi connectivity index (χ1n) is 8.53. The number of piperazine rings is 1. The molecule has 1 aromatic heterocycles. The molecule has 0 aliphatic carbocycles. The van der Waals surface area contributed by atoms with Crippen molar-refractivity contribution in [1.29, 1.82) is 0 Å². The summed E-state index contributed by atoms with van der Waals surface area (Å²) in [6.45, 7) is 1.67. The average Bonchev–Trinajstić information content (AvgIpc) is 3.31. The average molecular weight is 392 g/mol. The van der Waals surface area contributed by atoms with E-state index < -0.39 is 10.0 Å². The van der Waals surface area contributed by atoms with Gasteiger partial charge in [-0.15, -0.1) is 11.3 Å². The highest BCUT2D eigenvalue weighted by molar-refractivity contribution is 7.91. The Morgan fingerprint density at radius 3 is 2.54 bits per heavy atom. The molecule has 2 aliphatic heterocycles. The summed E-state index contributed by atoms with van der Waals surface area (Å²) in [5, 5.41) is 1.78. The SMILES string of the molecule is CN1CC(=O)N(c2ccccc2)C[C@@]12CCN(S(=O)(=O)c1cccs1)C2. The molecule has 6 nitrogen and oxygen atoms in total. The Hall–Kier alpha value is -1.74. The van der Waals surface area contributed by atoms with Gasteiger partial charge in [-0.25, -0.2) is 8.42 Å². The van der Waals surface area contributed by atoms with Gasteiger partial charge in [0.2, 0.25) is 5.91 Å². The van der Waals surface area contributed by atoms with Crippen LogP contribution in [-0.2, 0) is 14.8 Å². The van der Waals surface area contributed by atoms with Crippen molar-refractivity contribution < 1.29 is 13.2 Å². The van der Waals surface area contributed by atoms with Crippen LogP contribution < -0.4 is 4.90 Å². The van der Waals surface area contributed by atoms with Crippen molar-refractivity contribution >= 4 is 33.0 Å². The van der Waals surface area contributed by atoms with Crippen molar-refractivity contribution in [2.24, 2.45) is 0 Å². The minimum absolute atomic E-state index is 0.0453. The van der Waals surface area contributed by atoms with Crippen molar-refractivity contribution in [3.05, 3.63) is 47.8 Å². The fraction of sp³-hybridized carbons (Fsp3) is 0.389. The molecular weight excluding hydrogens is 370 g/mol. The van der Waals surface area contributed by atoms with E-state index in [1.807, 2.05) is 42.3 Å². The molecule has 0 radical (unpaired) electrons. The number of anilines is 1. The summed E-state index contributed by atoms with van der Waals surface area (Å²) in [5.41, 5.74) is 0.512. The van der Waals surface area contributed by atoms with Gasteiger partial charge < -0.3 is 4.90 Å². The monoisotopic (exact) mass is 391 g/mol. The highest BCUT2D eigenvalue weighted by Crippen LogP contribution is 2.36. The van der Waals surface area contributed by atoms with E-state index in [1.54, 1.807) is 26.7 Å². The second-order valence-corrected chi connectivity index (χ2v) is 10.0. The van der Waals surface area contributed by atoms with Crippen LogP contribution >= 0.6 is 11.3 Å². The number of carbonyl (C=O) groups is 1. The summed E-state index contributed by atoms with van der Waals surface area (Å²) < 4.78 is 27.7. The fourth-order valence-corrected chi connectivity index (χ4v) is 6.47. The quantitative estimate of drug-likeness (QED) is 0.801. The molecule has 1 atom stereocenters. The normalized spacial score (nSPS) is 25.3. The van der Waals surface area contributed by atoms with E-state index in [9.17, 15) is 13.2 Å². The van der Waals surface area contributed by atoms with E-state index in [2.05, 4.69) is 0 Å². The predicted octanol–water partition coefficient (Wildman–Crippen LogP) is 1.86. The summed E-state index contributed by atoms with van der Waals surface area (Å²) >= 11 is 1.24. The van der Waals surface area contributed by atoms with Gasteiger partial charge in [-0.3, -0.25) is 9.69 Å². The lowest BCUT2D eigenvalue weighted by Crippen LogP contribution is -2.64. The van der Waals surface area contributed by atoms with Gasteiger partial charge in [-0.05, 0) is 37.0 Å². The maximum atomic E-state index is 12.9.